The van der Waals surface area contributed by atoms with E-state index in [0.29, 0.717) is 78.8 Å². The smallest absolute Gasteiger partial charge is 0.469 e. The second kappa shape index (κ2) is 23.3. The molecule has 0 aliphatic carbocycles. The van der Waals surface area contributed by atoms with Crippen LogP contribution in [0.15, 0.2) is 126 Å². The molecule has 5 aromatic carbocycles. The van der Waals surface area contributed by atoms with Crippen molar-refractivity contribution in [1.82, 2.24) is 9.47 Å². The summed E-state index contributed by atoms with van der Waals surface area (Å²) in [5.41, 5.74) is 6.94. The number of carboxylic acids is 1. The molecule has 0 amide bonds. The molecule has 3 fully saturated rings. The fourth-order valence-corrected chi connectivity index (χ4v) is 14.5. The zero-order valence-corrected chi connectivity index (χ0v) is 45.4. The van der Waals surface area contributed by atoms with E-state index in [2.05, 4.69) is 50.6 Å². The van der Waals surface area contributed by atoms with E-state index < -0.39 is 32.3 Å². The van der Waals surface area contributed by atoms with Gasteiger partial charge in [0.25, 0.3) is 5.69 Å². The Hall–Kier alpha value is -5.65. The average molecular weight is 1100 g/mol. The van der Waals surface area contributed by atoms with Gasteiger partial charge in [0.1, 0.15) is 5.69 Å². The lowest BCUT2D eigenvalue weighted by Crippen LogP contribution is -2.46. The van der Waals surface area contributed by atoms with Crippen molar-refractivity contribution in [3.63, 3.8) is 0 Å². The number of benzene rings is 5. The summed E-state index contributed by atoms with van der Waals surface area (Å²) in [4.78, 5) is 51.6. The summed E-state index contributed by atoms with van der Waals surface area (Å²) in [6.45, 7) is 11.2. The first kappa shape index (κ1) is 54.2. The normalized spacial score (nSPS) is 18.2. The lowest BCUT2D eigenvalue weighted by molar-refractivity contribution is -0.383. The number of aromatic carboxylic acids is 1. The lowest BCUT2D eigenvalue weighted by atomic mass is 9.96. The maximum Gasteiger partial charge on any atom is 0.469 e. The van der Waals surface area contributed by atoms with Crippen molar-refractivity contribution in [1.29, 1.82) is 0 Å². The number of rotatable bonds is 19. The van der Waals surface area contributed by atoms with E-state index >= 15 is 0 Å². The van der Waals surface area contributed by atoms with Crippen LogP contribution in [-0.2, 0) is 18.2 Å². The van der Waals surface area contributed by atoms with Crippen molar-refractivity contribution in [3.8, 4) is 22.4 Å². The molecule has 4 N–H and O–H groups in total. The number of nitrogens with zero attached hydrogens (tertiary/aromatic N) is 6. The molecule has 75 heavy (non-hydrogen) atoms. The van der Waals surface area contributed by atoms with Gasteiger partial charge in [0.15, 0.2) is 0 Å². The monoisotopic (exact) mass is 1100 g/mol. The highest BCUT2D eigenvalue weighted by Gasteiger charge is 2.41. The molecule has 17 nitrogen and oxygen atoms in total. The average Bonchev–Trinajstić information content (AvgIpc) is 3.96. The van der Waals surface area contributed by atoms with Crippen LogP contribution < -0.4 is 25.1 Å². The molecular formula is C54H62ClN7O10P2S. The molecule has 1 unspecified atom stereocenters. The largest absolute Gasteiger partial charge is 0.478 e. The predicted molar refractivity (Wildman–Crippen MR) is 299 cm³/mol. The van der Waals surface area contributed by atoms with Crippen molar-refractivity contribution in [2.24, 2.45) is 0 Å². The molecule has 3 aliphatic heterocycles. The van der Waals surface area contributed by atoms with Crippen molar-refractivity contribution in [3.05, 3.63) is 148 Å². The number of phosphoric acid groups is 1. The highest BCUT2D eigenvalue weighted by Crippen LogP contribution is 2.56. The fraction of sp³-hybridized carbons (Fsp3) is 0.352. The van der Waals surface area contributed by atoms with E-state index in [1.807, 2.05) is 97.9 Å². The Labute approximate surface area is 446 Å². The summed E-state index contributed by atoms with van der Waals surface area (Å²) in [6.07, 6.45) is 1.09. The van der Waals surface area contributed by atoms with Crippen LogP contribution in [0.2, 0.25) is 5.02 Å². The third kappa shape index (κ3) is 12.5. The molecule has 0 radical (unpaired) electrons. The first-order valence-corrected chi connectivity index (χ1v) is 29.6. The maximum absolute atomic E-state index is 14.9. The Morgan fingerprint density at radius 2 is 1.53 bits per heavy atom. The molecule has 6 aromatic rings. The summed E-state index contributed by atoms with van der Waals surface area (Å²) < 4.78 is 41.1. The van der Waals surface area contributed by atoms with Gasteiger partial charge in [-0.1, -0.05) is 54.1 Å². The number of hydrogen-bond donors (Lipinski definition) is 4. The van der Waals surface area contributed by atoms with Crippen molar-refractivity contribution in [2.75, 3.05) is 84.5 Å². The molecule has 0 spiro atoms. The Kier molecular flexibility index (Phi) is 16.8. The number of piperazine rings is 1. The number of carbonyl (C=O) groups is 1. The molecule has 21 heteroatoms. The minimum absolute atomic E-state index is 0.00489. The van der Waals surface area contributed by atoms with E-state index in [9.17, 15) is 38.9 Å². The van der Waals surface area contributed by atoms with Gasteiger partial charge in [-0.05, 0) is 124 Å². The van der Waals surface area contributed by atoms with Crippen LogP contribution in [0, 0.1) is 17.0 Å². The van der Waals surface area contributed by atoms with E-state index in [4.69, 9.17) is 20.6 Å². The van der Waals surface area contributed by atoms with Gasteiger partial charge in [-0.15, -0.1) is 11.8 Å². The highest BCUT2D eigenvalue weighted by atomic mass is 35.5. The number of anilines is 4. The van der Waals surface area contributed by atoms with Crippen molar-refractivity contribution in [2.45, 2.75) is 63.1 Å². The first-order chi connectivity index (χ1) is 36.0. The number of thioether (sulfide) groups is 1. The maximum atomic E-state index is 14.9. The molecule has 9 rings (SSSR count). The van der Waals surface area contributed by atoms with Crippen LogP contribution in [0.1, 0.15) is 55.2 Å². The van der Waals surface area contributed by atoms with Gasteiger partial charge in [-0.3, -0.25) is 23.9 Å². The topological polar surface area (TPSA) is 203 Å². The standard InChI is InChI=1S/C54H62ClN7O10P2S/c1-37(2)61-38(3)51(54(63)64)52(53(61)39-12-14-41(55)15-13-39)40-8-7-9-45(34-40)59-30-28-58(29-31-59)43-16-18-44(19-17-43)60-32-33-71-73(60,67)47-20-21-49(50(35-47)62(65)66)56-42(36-75-48-10-5-4-6-11-48)22-25-57-26-23-46(24-27-57)72-74(68,69)70/h4-21,34-35,37,42,46,56H,22-33,36H2,1-3H3,(H,63,64)(H2,68,69,70)/t42-,73?/m1/s1. The molecule has 0 saturated carbocycles. The van der Waals surface area contributed by atoms with Gasteiger partial charge in [0, 0.05) is 108 Å². The summed E-state index contributed by atoms with van der Waals surface area (Å²) in [5.74, 6) is -0.374. The molecule has 4 heterocycles. The van der Waals surface area contributed by atoms with Crippen LogP contribution in [0.3, 0.4) is 0 Å². The number of halogens is 1. The number of phosphoric ester groups is 1. The van der Waals surface area contributed by atoms with Gasteiger partial charge in [0.05, 0.1) is 40.7 Å². The van der Waals surface area contributed by atoms with E-state index in [1.54, 1.807) is 28.6 Å². The third-order valence-electron chi connectivity index (χ3n) is 14.2. The van der Waals surface area contributed by atoms with Gasteiger partial charge >= 0.3 is 21.3 Å². The summed E-state index contributed by atoms with van der Waals surface area (Å²) in [6, 6.07) is 37.8. The lowest BCUT2D eigenvalue weighted by Gasteiger charge is -2.37. The van der Waals surface area contributed by atoms with Gasteiger partial charge in [-0.2, -0.15) is 0 Å². The number of piperidine rings is 1. The van der Waals surface area contributed by atoms with Crippen LogP contribution in [-0.4, -0.2) is 112 Å². The highest BCUT2D eigenvalue weighted by molar-refractivity contribution is 7.99. The zero-order valence-electron chi connectivity index (χ0n) is 42.0. The molecule has 0 bridgehead atoms. The SMILES string of the molecule is Cc1c(C(=O)O)c(-c2cccc(N3CCN(c4ccc(N5CCOP5(=O)c5ccc(N[C@H](CCN6CCC(OP(=O)(O)O)CC6)CSc6ccccc6)c([N+](=O)[O-])c5)cc4)CC3)c2)c(-c2ccc(Cl)cc2)n1C(C)C. The number of nitro groups is 1. The quantitative estimate of drug-likeness (QED) is 0.0258. The third-order valence-corrected chi connectivity index (χ3v) is 18.7. The minimum atomic E-state index is -4.57. The fourth-order valence-electron chi connectivity index (χ4n) is 10.5. The summed E-state index contributed by atoms with van der Waals surface area (Å²) in [5, 5.41) is 27.6. The van der Waals surface area contributed by atoms with Crippen LogP contribution >= 0.6 is 38.7 Å². The second-order valence-corrected chi connectivity index (χ2v) is 24.3. The van der Waals surface area contributed by atoms with E-state index in [1.165, 1.54) is 6.07 Å². The second-order valence-electron chi connectivity index (χ2n) is 19.3. The van der Waals surface area contributed by atoms with Gasteiger partial charge < -0.3 is 44.0 Å². The van der Waals surface area contributed by atoms with Gasteiger partial charge in [-0.25, -0.2) is 9.36 Å². The van der Waals surface area contributed by atoms with Crippen LogP contribution in [0.5, 0.6) is 0 Å². The number of nitro benzene ring substituents is 1. The van der Waals surface area contributed by atoms with Crippen molar-refractivity contribution >= 4 is 78.4 Å². The molecule has 3 saturated heterocycles. The minimum Gasteiger partial charge on any atom is -0.478 e. The molecular weight excluding hydrogens is 1040 g/mol. The number of nitrogens with one attached hydrogen (secondary N) is 1. The molecule has 2 atom stereocenters. The Morgan fingerprint density at radius 1 is 0.867 bits per heavy atom. The van der Waals surface area contributed by atoms with Crippen molar-refractivity contribution < 1.29 is 42.8 Å². The summed E-state index contributed by atoms with van der Waals surface area (Å²) in [7, 11) is -8.33. The summed E-state index contributed by atoms with van der Waals surface area (Å²) >= 11 is 7.92. The molecule has 1 aromatic heterocycles. The zero-order chi connectivity index (χ0) is 53.0. The van der Waals surface area contributed by atoms with Crippen LogP contribution in [0.4, 0.5) is 28.4 Å². The van der Waals surface area contributed by atoms with E-state index in [-0.39, 0.29) is 35.2 Å². The van der Waals surface area contributed by atoms with E-state index in [0.717, 1.165) is 59.3 Å². The Balaban J connectivity index is 0.873. The first-order valence-electron chi connectivity index (χ1n) is 25.1. The molecule has 396 valence electrons. The number of hydrogen-bond acceptors (Lipinski definition) is 12. The molecule has 3 aliphatic rings. The van der Waals surface area contributed by atoms with Gasteiger partial charge in [0.2, 0.25) is 0 Å². The number of likely N-dealkylation sites (tertiary alicyclic amines) is 1. The Morgan fingerprint density at radius 3 is 2.17 bits per heavy atom. The number of carboxylic acid groups (broad SMARTS) is 1. The predicted octanol–water partition coefficient (Wildman–Crippen LogP) is 11.2. The Bertz CT molecular complexity index is 3090. The number of aromatic nitrogens is 1. The van der Waals surface area contributed by atoms with Crippen LogP contribution in [0.25, 0.3) is 22.4 Å².